The highest BCUT2D eigenvalue weighted by Crippen LogP contribution is 2.45. The van der Waals surface area contributed by atoms with Crippen molar-refractivity contribution >= 4 is 5.71 Å². The van der Waals surface area contributed by atoms with E-state index in [1.807, 2.05) is 0 Å². The standard InChI is InChI=1S/C10H13NO/c1-2-7-12-11-10-6-5-9(10)8-3-4-8/h1,8-9H,3-7H2/b11-10-. The lowest BCUT2D eigenvalue weighted by Gasteiger charge is -2.27. The highest BCUT2D eigenvalue weighted by atomic mass is 16.6. The van der Waals surface area contributed by atoms with Crippen molar-refractivity contribution in [3.8, 4) is 12.3 Å². The topological polar surface area (TPSA) is 21.6 Å². The van der Waals surface area contributed by atoms with Gasteiger partial charge in [-0.2, -0.15) is 0 Å². The van der Waals surface area contributed by atoms with Crippen LogP contribution >= 0.6 is 0 Å². The van der Waals surface area contributed by atoms with Gasteiger partial charge in [-0.05, 0) is 31.6 Å². The molecule has 0 heterocycles. The molecule has 0 aromatic rings. The molecule has 0 aromatic carbocycles. The van der Waals surface area contributed by atoms with Crippen LogP contribution in [0.5, 0.6) is 0 Å². The number of hydrogen-bond donors (Lipinski definition) is 0. The Hall–Kier alpha value is -0.970. The summed E-state index contributed by atoms with van der Waals surface area (Å²) < 4.78 is 0. The number of rotatable bonds is 3. The molecule has 0 saturated heterocycles. The fraction of sp³-hybridized carbons (Fsp3) is 0.700. The first kappa shape index (κ1) is 7.67. The minimum Gasteiger partial charge on any atom is -0.383 e. The summed E-state index contributed by atoms with van der Waals surface area (Å²) in [6, 6.07) is 0. The van der Waals surface area contributed by atoms with Gasteiger partial charge in [0, 0.05) is 5.92 Å². The van der Waals surface area contributed by atoms with Crippen LogP contribution in [0.3, 0.4) is 0 Å². The molecule has 2 fully saturated rings. The Kier molecular flexibility index (Phi) is 2.03. The lowest BCUT2D eigenvalue weighted by atomic mass is 9.79. The third-order valence-corrected chi connectivity index (χ3v) is 2.66. The third-order valence-electron chi connectivity index (χ3n) is 2.66. The fourth-order valence-electron chi connectivity index (χ4n) is 1.71. The van der Waals surface area contributed by atoms with Crippen LogP contribution in [-0.4, -0.2) is 12.3 Å². The first-order chi connectivity index (χ1) is 5.92. The van der Waals surface area contributed by atoms with Gasteiger partial charge in [0.15, 0.2) is 6.61 Å². The molecule has 0 N–H and O–H groups in total. The van der Waals surface area contributed by atoms with Gasteiger partial charge >= 0.3 is 0 Å². The van der Waals surface area contributed by atoms with Gasteiger partial charge in [0.25, 0.3) is 0 Å². The molecule has 2 saturated carbocycles. The normalized spacial score (nSPS) is 30.9. The predicted octanol–water partition coefficient (Wildman–Crippen LogP) is 1.81. The van der Waals surface area contributed by atoms with Crippen molar-refractivity contribution < 1.29 is 4.84 Å². The number of hydrogen-bond acceptors (Lipinski definition) is 2. The molecule has 0 spiro atoms. The lowest BCUT2D eigenvalue weighted by molar-refractivity contribution is 0.173. The van der Waals surface area contributed by atoms with E-state index in [-0.39, 0.29) is 0 Å². The first-order valence-electron chi connectivity index (χ1n) is 4.54. The Morgan fingerprint density at radius 2 is 2.33 bits per heavy atom. The second-order valence-electron chi connectivity index (χ2n) is 3.54. The smallest absolute Gasteiger partial charge is 0.177 e. The van der Waals surface area contributed by atoms with Gasteiger partial charge in [-0.25, -0.2) is 0 Å². The van der Waals surface area contributed by atoms with Gasteiger partial charge in [0.1, 0.15) is 0 Å². The Bertz CT molecular complexity index is 235. The van der Waals surface area contributed by atoms with Gasteiger partial charge in [0.2, 0.25) is 0 Å². The fourth-order valence-corrected chi connectivity index (χ4v) is 1.71. The molecule has 2 heteroatoms. The molecule has 0 radical (unpaired) electrons. The Labute approximate surface area is 73.0 Å². The third kappa shape index (κ3) is 1.45. The second kappa shape index (κ2) is 3.18. The molecular formula is C10H13NO. The van der Waals surface area contributed by atoms with Gasteiger partial charge in [-0.1, -0.05) is 11.1 Å². The summed E-state index contributed by atoms with van der Waals surface area (Å²) in [6.45, 7) is 0.306. The summed E-state index contributed by atoms with van der Waals surface area (Å²) >= 11 is 0. The summed E-state index contributed by atoms with van der Waals surface area (Å²) in [4.78, 5) is 4.95. The molecule has 0 aromatic heterocycles. The minimum atomic E-state index is 0.306. The lowest BCUT2D eigenvalue weighted by Crippen LogP contribution is -2.27. The zero-order valence-corrected chi connectivity index (χ0v) is 7.12. The van der Waals surface area contributed by atoms with Gasteiger partial charge in [0.05, 0.1) is 5.71 Å². The van der Waals surface area contributed by atoms with Crippen LogP contribution in [-0.2, 0) is 4.84 Å². The molecule has 0 aliphatic heterocycles. The van der Waals surface area contributed by atoms with Gasteiger partial charge in [-0.15, -0.1) is 6.42 Å². The maximum atomic E-state index is 5.04. The summed E-state index contributed by atoms with van der Waals surface area (Å²) in [6.07, 6.45) is 10.2. The molecule has 64 valence electrons. The molecule has 2 aliphatic rings. The van der Waals surface area contributed by atoms with Crippen LogP contribution in [0.2, 0.25) is 0 Å². The van der Waals surface area contributed by atoms with Crippen LogP contribution in [0.25, 0.3) is 0 Å². The molecule has 2 nitrogen and oxygen atoms in total. The van der Waals surface area contributed by atoms with E-state index in [0.29, 0.717) is 6.61 Å². The molecule has 2 aliphatic carbocycles. The Morgan fingerprint density at radius 1 is 1.50 bits per heavy atom. The van der Waals surface area contributed by atoms with E-state index in [0.717, 1.165) is 18.3 Å². The summed E-state index contributed by atoms with van der Waals surface area (Å²) in [5.41, 5.74) is 1.24. The van der Waals surface area contributed by atoms with E-state index in [2.05, 4.69) is 11.1 Å². The molecule has 1 atom stereocenters. The van der Waals surface area contributed by atoms with Crippen molar-refractivity contribution in [2.75, 3.05) is 6.61 Å². The van der Waals surface area contributed by atoms with Crippen LogP contribution in [0.1, 0.15) is 25.7 Å². The van der Waals surface area contributed by atoms with E-state index in [1.165, 1.54) is 25.0 Å². The zero-order chi connectivity index (χ0) is 8.39. The maximum absolute atomic E-state index is 5.04. The van der Waals surface area contributed by atoms with E-state index in [9.17, 15) is 0 Å². The van der Waals surface area contributed by atoms with Crippen LogP contribution in [0, 0.1) is 24.2 Å². The molecule has 2 rings (SSSR count). The largest absolute Gasteiger partial charge is 0.383 e. The molecule has 0 bridgehead atoms. The minimum absolute atomic E-state index is 0.306. The Balaban J connectivity index is 1.79. The van der Waals surface area contributed by atoms with Crippen molar-refractivity contribution in [2.45, 2.75) is 25.7 Å². The van der Waals surface area contributed by atoms with Crippen molar-refractivity contribution in [3.05, 3.63) is 0 Å². The number of nitrogens with zero attached hydrogens (tertiary/aromatic N) is 1. The predicted molar refractivity (Wildman–Crippen MR) is 47.7 cm³/mol. The van der Waals surface area contributed by atoms with Crippen LogP contribution in [0.4, 0.5) is 0 Å². The summed E-state index contributed by atoms with van der Waals surface area (Å²) in [7, 11) is 0. The number of oxime groups is 1. The average Bonchev–Trinajstić information content (AvgIpc) is 2.80. The van der Waals surface area contributed by atoms with E-state index < -0.39 is 0 Å². The molecule has 1 unspecified atom stereocenters. The SMILES string of the molecule is C#CCO/N=C1/CCC1C1CC1. The van der Waals surface area contributed by atoms with Crippen molar-refractivity contribution in [2.24, 2.45) is 17.0 Å². The quantitative estimate of drug-likeness (QED) is 0.353. The van der Waals surface area contributed by atoms with E-state index in [1.54, 1.807) is 0 Å². The van der Waals surface area contributed by atoms with Gasteiger partial charge < -0.3 is 4.84 Å². The summed E-state index contributed by atoms with van der Waals surface area (Å²) in [5, 5.41) is 4.04. The van der Waals surface area contributed by atoms with Crippen molar-refractivity contribution in [3.63, 3.8) is 0 Å². The van der Waals surface area contributed by atoms with Gasteiger partial charge in [-0.3, -0.25) is 0 Å². The monoisotopic (exact) mass is 163 g/mol. The average molecular weight is 163 g/mol. The van der Waals surface area contributed by atoms with E-state index >= 15 is 0 Å². The van der Waals surface area contributed by atoms with E-state index in [4.69, 9.17) is 11.3 Å². The van der Waals surface area contributed by atoms with Crippen LogP contribution < -0.4 is 0 Å². The molecular weight excluding hydrogens is 150 g/mol. The highest BCUT2D eigenvalue weighted by Gasteiger charge is 2.39. The Morgan fingerprint density at radius 3 is 2.83 bits per heavy atom. The molecule has 0 amide bonds. The molecule has 12 heavy (non-hydrogen) atoms. The van der Waals surface area contributed by atoms with Crippen molar-refractivity contribution in [1.82, 2.24) is 0 Å². The maximum Gasteiger partial charge on any atom is 0.177 e. The second-order valence-corrected chi connectivity index (χ2v) is 3.54. The van der Waals surface area contributed by atoms with Crippen LogP contribution in [0.15, 0.2) is 5.16 Å². The highest BCUT2D eigenvalue weighted by molar-refractivity contribution is 5.91. The summed E-state index contributed by atoms with van der Waals surface area (Å²) in [5.74, 6) is 4.06. The first-order valence-corrected chi connectivity index (χ1v) is 4.54. The van der Waals surface area contributed by atoms with Crippen molar-refractivity contribution in [1.29, 1.82) is 0 Å². The zero-order valence-electron chi connectivity index (χ0n) is 7.12. The number of terminal acetylenes is 1.